The first-order valence-corrected chi connectivity index (χ1v) is 14.6. The molecule has 12 heteroatoms. The number of hydrogen-bond acceptors (Lipinski definition) is 8. The van der Waals surface area contributed by atoms with Crippen molar-refractivity contribution in [3.63, 3.8) is 0 Å². The molecule has 228 valence electrons. The molecule has 0 bridgehead atoms. The van der Waals surface area contributed by atoms with Crippen LogP contribution in [0.25, 0.3) is 0 Å². The van der Waals surface area contributed by atoms with Gasteiger partial charge in [-0.1, -0.05) is 0 Å². The monoisotopic (exact) mass is 568 g/mol. The van der Waals surface area contributed by atoms with Gasteiger partial charge < -0.3 is 38.5 Å². The smallest absolute Gasteiger partial charge is 0.410 e. The molecule has 3 aliphatic rings. The van der Waals surface area contributed by atoms with Crippen molar-refractivity contribution in [2.45, 2.75) is 103 Å². The Morgan fingerprint density at radius 3 is 0.975 bits per heavy atom. The van der Waals surface area contributed by atoms with Crippen LogP contribution < -0.4 is 0 Å². The lowest BCUT2D eigenvalue weighted by molar-refractivity contribution is 0.00105. The third-order valence-corrected chi connectivity index (χ3v) is 7.02. The fourth-order valence-electron chi connectivity index (χ4n) is 4.90. The Balaban J connectivity index is 1.34. The summed E-state index contributed by atoms with van der Waals surface area (Å²) >= 11 is 0. The highest BCUT2D eigenvalue weighted by Crippen LogP contribution is 2.24. The van der Waals surface area contributed by atoms with Gasteiger partial charge in [0.25, 0.3) is 0 Å². The Kier molecular flexibility index (Phi) is 10.8. The van der Waals surface area contributed by atoms with Gasteiger partial charge in [0.15, 0.2) is 0 Å². The van der Waals surface area contributed by atoms with Crippen molar-refractivity contribution in [1.29, 1.82) is 0 Å². The van der Waals surface area contributed by atoms with Crippen molar-refractivity contribution in [3.05, 3.63) is 0 Å². The maximum Gasteiger partial charge on any atom is 0.410 e. The van der Waals surface area contributed by atoms with E-state index in [2.05, 4.69) is 0 Å². The molecule has 1 saturated carbocycles. The van der Waals surface area contributed by atoms with E-state index in [0.29, 0.717) is 78.0 Å². The number of amides is 4. The molecular weight excluding hydrogens is 520 g/mol. The van der Waals surface area contributed by atoms with Crippen LogP contribution in [0.3, 0.4) is 0 Å². The van der Waals surface area contributed by atoms with Crippen LogP contribution >= 0.6 is 0 Å². The van der Waals surface area contributed by atoms with Crippen molar-refractivity contribution in [1.82, 2.24) is 19.6 Å². The topological polar surface area (TPSA) is 118 Å². The van der Waals surface area contributed by atoms with Crippen LogP contribution in [0, 0.1) is 0 Å². The molecule has 0 unspecified atom stereocenters. The molecule has 2 aliphatic heterocycles. The number of nitrogens with zero attached hydrogens (tertiary/aromatic N) is 4. The van der Waals surface area contributed by atoms with Gasteiger partial charge in [0, 0.05) is 52.4 Å². The van der Waals surface area contributed by atoms with Crippen LogP contribution in [-0.2, 0) is 18.9 Å². The summed E-state index contributed by atoms with van der Waals surface area (Å²) in [5.41, 5.74) is -1.11. The fraction of sp³-hybridized carbons (Fsp3) is 0.857. The Morgan fingerprint density at radius 1 is 0.475 bits per heavy atom. The molecule has 1 aliphatic carbocycles. The van der Waals surface area contributed by atoms with E-state index in [0.717, 1.165) is 12.8 Å². The maximum absolute atomic E-state index is 12.7. The lowest BCUT2D eigenvalue weighted by Gasteiger charge is -2.36. The Bertz CT molecular complexity index is 804. The molecule has 2 saturated heterocycles. The molecule has 4 amide bonds. The maximum atomic E-state index is 12.7. The summed E-state index contributed by atoms with van der Waals surface area (Å²) in [7, 11) is 0. The summed E-state index contributed by atoms with van der Waals surface area (Å²) < 4.78 is 22.4. The zero-order valence-electron chi connectivity index (χ0n) is 25.1. The van der Waals surface area contributed by atoms with Crippen LogP contribution in [0.15, 0.2) is 0 Å². The third kappa shape index (κ3) is 10.2. The van der Waals surface area contributed by atoms with E-state index < -0.39 is 11.2 Å². The second kappa shape index (κ2) is 13.6. The summed E-state index contributed by atoms with van der Waals surface area (Å²) in [6, 6.07) is 0. The van der Waals surface area contributed by atoms with Gasteiger partial charge in [-0.05, 0) is 80.1 Å². The number of rotatable bonds is 2. The second-order valence-electron chi connectivity index (χ2n) is 12.8. The van der Waals surface area contributed by atoms with Crippen LogP contribution in [0.4, 0.5) is 19.2 Å². The Morgan fingerprint density at radius 2 is 0.725 bits per heavy atom. The molecule has 3 fully saturated rings. The number of carbonyl (C=O) groups is 4. The molecular formula is C28H48N4O8. The summed E-state index contributed by atoms with van der Waals surface area (Å²) in [5, 5.41) is 0. The van der Waals surface area contributed by atoms with E-state index in [1.807, 2.05) is 41.5 Å². The first-order chi connectivity index (χ1) is 18.7. The van der Waals surface area contributed by atoms with Gasteiger partial charge >= 0.3 is 24.4 Å². The highest BCUT2D eigenvalue weighted by molar-refractivity contribution is 5.71. The summed E-state index contributed by atoms with van der Waals surface area (Å²) in [6.07, 6.45) is 2.67. The molecule has 40 heavy (non-hydrogen) atoms. The van der Waals surface area contributed by atoms with Crippen molar-refractivity contribution < 1.29 is 38.1 Å². The second-order valence-corrected chi connectivity index (χ2v) is 12.8. The van der Waals surface area contributed by atoms with Gasteiger partial charge in [-0.2, -0.15) is 0 Å². The van der Waals surface area contributed by atoms with Crippen molar-refractivity contribution in [3.8, 4) is 0 Å². The largest absolute Gasteiger partial charge is 0.446 e. The summed E-state index contributed by atoms with van der Waals surface area (Å²) in [5.74, 6) is 0. The lowest BCUT2D eigenvalue weighted by atomic mass is 9.96. The molecule has 12 nitrogen and oxygen atoms in total. The van der Waals surface area contributed by atoms with E-state index in [9.17, 15) is 19.2 Å². The van der Waals surface area contributed by atoms with Crippen molar-refractivity contribution in [2.75, 3.05) is 52.4 Å². The minimum absolute atomic E-state index is 0.172. The lowest BCUT2D eigenvalue weighted by Crippen LogP contribution is -2.52. The molecule has 0 atom stereocenters. The molecule has 0 aromatic carbocycles. The predicted molar refractivity (Wildman–Crippen MR) is 147 cm³/mol. The molecule has 0 aromatic rings. The standard InChI is InChI=1S/C28H48N4O8/c1-27(2,3)39-25(35)31-17-13-29(14-18-31)23(33)37-21-9-7-11-22(12-8-10-21)38-24(34)30-15-19-32(20-16-30)26(36)40-28(4,5)6/h21-22H,7-20H2,1-6H3. The van der Waals surface area contributed by atoms with E-state index in [4.69, 9.17) is 18.9 Å². The zero-order valence-corrected chi connectivity index (χ0v) is 25.1. The SMILES string of the molecule is CC(C)(C)OC(=O)N1CCN(C(=O)OC2CCCC(OC(=O)N3CCN(C(=O)OC(C)(C)C)CC3)CCC2)CC1. The average molecular weight is 569 g/mol. The first kappa shape index (κ1) is 31.6. The van der Waals surface area contributed by atoms with E-state index >= 15 is 0 Å². The number of ether oxygens (including phenoxy) is 4. The molecule has 0 spiro atoms. The van der Waals surface area contributed by atoms with E-state index in [1.165, 1.54) is 0 Å². The van der Waals surface area contributed by atoms with Crippen molar-refractivity contribution in [2.24, 2.45) is 0 Å². The van der Waals surface area contributed by atoms with E-state index in [-0.39, 0.29) is 36.6 Å². The van der Waals surface area contributed by atoms with Crippen LogP contribution in [-0.4, -0.2) is 120 Å². The highest BCUT2D eigenvalue weighted by Gasteiger charge is 2.32. The fourth-order valence-corrected chi connectivity index (χ4v) is 4.90. The molecule has 0 radical (unpaired) electrons. The van der Waals surface area contributed by atoms with E-state index in [1.54, 1.807) is 19.6 Å². The van der Waals surface area contributed by atoms with Gasteiger partial charge in [0.2, 0.25) is 0 Å². The minimum atomic E-state index is -0.554. The van der Waals surface area contributed by atoms with Gasteiger partial charge in [0.1, 0.15) is 23.4 Å². The number of carbonyl (C=O) groups excluding carboxylic acids is 4. The van der Waals surface area contributed by atoms with Gasteiger partial charge in [-0.3, -0.25) is 0 Å². The number of piperazine rings is 2. The van der Waals surface area contributed by atoms with Gasteiger partial charge in [0.05, 0.1) is 0 Å². The summed E-state index contributed by atoms with van der Waals surface area (Å²) in [6.45, 7) is 14.3. The summed E-state index contributed by atoms with van der Waals surface area (Å²) in [4.78, 5) is 56.5. The van der Waals surface area contributed by atoms with Crippen LogP contribution in [0.1, 0.15) is 80.1 Å². The molecule has 3 rings (SSSR count). The Hall–Kier alpha value is -2.92. The zero-order chi connectivity index (χ0) is 29.5. The normalized spacial score (nSPS) is 23.1. The van der Waals surface area contributed by atoms with Gasteiger partial charge in [-0.15, -0.1) is 0 Å². The molecule has 0 N–H and O–H groups in total. The Labute approximate surface area is 238 Å². The average Bonchev–Trinajstić information content (AvgIpc) is 2.85. The van der Waals surface area contributed by atoms with Crippen LogP contribution in [0.5, 0.6) is 0 Å². The molecule has 0 aromatic heterocycles. The minimum Gasteiger partial charge on any atom is -0.446 e. The third-order valence-electron chi connectivity index (χ3n) is 7.02. The van der Waals surface area contributed by atoms with Gasteiger partial charge in [-0.25, -0.2) is 19.2 Å². The quantitative estimate of drug-likeness (QED) is 0.448. The first-order valence-electron chi connectivity index (χ1n) is 14.6. The van der Waals surface area contributed by atoms with Crippen LogP contribution in [0.2, 0.25) is 0 Å². The molecule has 2 heterocycles. The highest BCUT2D eigenvalue weighted by atomic mass is 16.6. The predicted octanol–water partition coefficient (Wildman–Crippen LogP) is 4.46. The van der Waals surface area contributed by atoms with Crippen molar-refractivity contribution >= 4 is 24.4 Å². The number of hydrogen-bond donors (Lipinski definition) is 0.